The van der Waals surface area contributed by atoms with E-state index < -0.39 is 0 Å². The van der Waals surface area contributed by atoms with Crippen molar-refractivity contribution in [1.29, 1.82) is 0 Å². The van der Waals surface area contributed by atoms with Crippen molar-refractivity contribution in [2.45, 2.75) is 25.7 Å². The Labute approximate surface area is 194 Å². The number of hydrogen-bond acceptors (Lipinski definition) is 1. The van der Waals surface area contributed by atoms with Crippen LogP contribution in [-0.4, -0.2) is 6.61 Å². The Balaban J connectivity index is 1.41. The van der Waals surface area contributed by atoms with Crippen LogP contribution < -0.4 is 4.74 Å². The molecule has 4 aromatic carbocycles. The van der Waals surface area contributed by atoms with Gasteiger partial charge in [-0.25, -0.2) is 4.39 Å². The van der Waals surface area contributed by atoms with E-state index >= 15 is 4.39 Å². The molecule has 0 aliphatic heterocycles. The lowest BCUT2D eigenvalue weighted by Gasteiger charge is -2.09. The molecule has 0 saturated heterocycles. The van der Waals surface area contributed by atoms with Crippen LogP contribution in [0.2, 0.25) is 5.02 Å². The van der Waals surface area contributed by atoms with E-state index in [0.29, 0.717) is 18.4 Å². The largest absolute Gasteiger partial charge is 0.490 e. The lowest BCUT2D eigenvalue weighted by Crippen LogP contribution is -1.97. The van der Waals surface area contributed by atoms with E-state index in [-0.39, 0.29) is 5.82 Å². The summed E-state index contributed by atoms with van der Waals surface area (Å²) in [6.07, 6.45) is 5.02. The highest BCUT2D eigenvalue weighted by Gasteiger charge is 2.09. The van der Waals surface area contributed by atoms with Crippen molar-refractivity contribution in [2.75, 3.05) is 6.61 Å². The molecule has 0 aromatic heterocycles. The molecule has 0 aliphatic carbocycles. The van der Waals surface area contributed by atoms with Crippen molar-refractivity contribution in [1.82, 2.24) is 0 Å². The minimum atomic E-state index is -0.113. The zero-order valence-corrected chi connectivity index (χ0v) is 18.7. The molecule has 0 fully saturated rings. The SMILES string of the molecule is C=CCOc1ccc(CCc2ccc3c(F)c(CCc4ccc(Cl)cc4)ccc3c2)cc1. The highest BCUT2D eigenvalue weighted by molar-refractivity contribution is 6.30. The predicted molar refractivity (Wildman–Crippen MR) is 132 cm³/mol. The monoisotopic (exact) mass is 444 g/mol. The third-order valence-corrected chi connectivity index (χ3v) is 5.94. The summed E-state index contributed by atoms with van der Waals surface area (Å²) >= 11 is 5.94. The first-order chi connectivity index (χ1) is 15.6. The molecule has 0 unspecified atom stereocenters. The Hall–Kier alpha value is -3.10. The fourth-order valence-electron chi connectivity index (χ4n) is 3.86. The minimum absolute atomic E-state index is 0.113. The smallest absolute Gasteiger partial charge is 0.134 e. The molecular formula is C29H26ClFO. The number of fused-ring (bicyclic) bond motifs is 1. The molecule has 0 amide bonds. The van der Waals surface area contributed by atoms with Crippen LogP contribution in [0.1, 0.15) is 22.3 Å². The molecule has 4 rings (SSSR count). The highest BCUT2D eigenvalue weighted by atomic mass is 35.5. The summed E-state index contributed by atoms with van der Waals surface area (Å²) in [6, 6.07) is 25.9. The molecule has 4 aromatic rings. The van der Waals surface area contributed by atoms with Gasteiger partial charge >= 0.3 is 0 Å². The summed E-state index contributed by atoms with van der Waals surface area (Å²) in [5, 5.41) is 2.35. The van der Waals surface area contributed by atoms with Crippen LogP contribution in [0.25, 0.3) is 10.8 Å². The van der Waals surface area contributed by atoms with Crippen molar-refractivity contribution in [3.8, 4) is 5.75 Å². The number of ether oxygens (including phenoxy) is 1. The lowest BCUT2D eigenvalue weighted by atomic mass is 9.97. The first kappa shape index (κ1) is 22.1. The summed E-state index contributed by atoms with van der Waals surface area (Å²) < 4.78 is 20.6. The third kappa shape index (κ3) is 5.57. The first-order valence-corrected chi connectivity index (χ1v) is 11.3. The Morgan fingerprint density at radius 1 is 0.750 bits per heavy atom. The molecule has 0 saturated carbocycles. The van der Waals surface area contributed by atoms with Gasteiger partial charge in [0.2, 0.25) is 0 Å². The van der Waals surface area contributed by atoms with Gasteiger partial charge in [0.15, 0.2) is 0 Å². The van der Waals surface area contributed by atoms with Crippen molar-refractivity contribution in [3.63, 3.8) is 0 Å². The topological polar surface area (TPSA) is 9.23 Å². The van der Waals surface area contributed by atoms with Crippen LogP contribution in [-0.2, 0) is 25.7 Å². The maximum absolute atomic E-state index is 15.1. The van der Waals surface area contributed by atoms with Crippen molar-refractivity contribution >= 4 is 22.4 Å². The number of hydrogen-bond donors (Lipinski definition) is 0. The van der Waals surface area contributed by atoms with Gasteiger partial charge in [-0.15, -0.1) is 0 Å². The maximum atomic E-state index is 15.1. The summed E-state index contributed by atoms with van der Waals surface area (Å²) in [6.45, 7) is 4.17. The van der Waals surface area contributed by atoms with E-state index in [2.05, 4.69) is 24.8 Å². The Morgan fingerprint density at radius 2 is 1.38 bits per heavy atom. The predicted octanol–water partition coefficient (Wildman–Crippen LogP) is 7.77. The van der Waals surface area contributed by atoms with Crippen molar-refractivity contribution < 1.29 is 9.13 Å². The minimum Gasteiger partial charge on any atom is -0.490 e. The number of halogens is 2. The van der Waals surface area contributed by atoms with E-state index in [4.69, 9.17) is 16.3 Å². The van der Waals surface area contributed by atoms with Gasteiger partial charge in [-0.05, 0) is 77.6 Å². The zero-order valence-electron chi connectivity index (χ0n) is 18.0. The summed E-state index contributed by atoms with van der Waals surface area (Å²) in [4.78, 5) is 0. The van der Waals surface area contributed by atoms with Gasteiger partial charge in [0.25, 0.3) is 0 Å². The average molecular weight is 445 g/mol. The third-order valence-electron chi connectivity index (χ3n) is 5.69. The van der Waals surface area contributed by atoms with E-state index in [1.165, 1.54) is 11.1 Å². The molecule has 0 bridgehead atoms. The molecule has 3 heteroatoms. The van der Waals surface area contributed by atoms with Gasteiger partial charge < -0.3 is 4.74 Å². The van der Waals surface area contributed by atoms with Crippen LogP contribution in [0.3, 0.4) is 0 Å². The maximum Gasteiger partial charge on any atom is 0.134 e. The number of aryl methyl sites for hydroxylation is 4. The van der Waals surface area contributed by atoms with Gasteiger partial charge in [-0.1, -0.05) is 78.9 Å². The standard InChI is InChI=1S/C29H26ClFO/c1-2-19-32-27-16-8-21(9-17-27)3-4-23-10-18-28-25(20-23)13-12-24(29(28)31)11-5-22-6-14-26(30)15-7-22/h2,6-10,12-18,20H,1,3-5,11,19H2. The van der Waals surface area contributed by atoms with Gasteiger partial charge in [-0.3, -0.25) is 0 Å². The number of benzene rings is 4. The molecule has 0 spiro atoms. The molecule has 0 radical (unpaired) electrons. The van der Waals surface area contributed by atoms with Crippen molar-refractivity contribution in [2.24, 2.45) is 0 Å². The van der Waals surface area contributed by atoms with Gasteiger partial charge in [0, 0.05) is 10.4 Å². The molecule has 0 N–H and O–H groups in total. The average Bonchev–Trinajstić information content (AvgIpc) is 2.82. The Bertz CT molecular complexity index is 1200. The molecular weight excluding hydrogens is 419 g/mol. The second-order valence-corrected chi connectivity index (χ2v) is 8.40. The van der Waals surface area contributed by atoms with Crippen LogP contribution in [0.4, 0.5) is 4.39 Å². The lowest BCUT2D eigenvalue weighted by molar-refractivity contribution is 0.363. The fraction of sp³-hybridized carbons (Fsp3) is 0.172. The van der Waals surface area contributed by atoms with E-state index in [1.54, 1.807) is 6.08 Å². The van der Waals surface area contributed by atoms with Crippen LogP contribution >= 0.6 is 11.6 Å². The number of rotatable bonds is 9. The van der Waals surface area contributed by atoms with Gasteiger partial charge in [0.05, 0.1) is 0 Å². The molecule has 0 atom stereocenters. The Morgan fingerprint density at radius 3 is 2.09 bits per heavy atom. The van der Waals surface area contributed by atoms with Crippen molar-refractivity contribution in [3.05, 3.63) is 125 Å². The van der Waals surface area contributed by atoms with Crippen LogP contribution in [0, 0.1) is 5.82 Å². The highest BCUT2D eigenvalue weighted by Crippen LogP contribution is 2.25. The second-order valence-electron chi connectivity index (χ2n) is 7.96. The van der Waals surface area contributed by atoms with E-state index in [0.717, 1.165) is 46.5 Å². The summed E-state index contributed by atoms with van der Waals surface area (Å²) in [5.41, 5.74) is 4.36. The molecule has 0 aliphatic rings. The van der Waals surface area contributed by atoms with Crippen LogP contribution in [0.5, 0.6) is 5.75 Å². The quantitative estimate of drug-likeness (QED) is 0.239. The summed E-state index contributed by atoms with van der Waals surface area (Å²) in [5.74, 6) is 0.736. The normalized spacial score (nSPS) is 10.9. The second kappa shape index (κ2) is 10.5. The zero-order chi connectivity index (χ0) is 22.3. The van der Waals surface area contributed by atoms with E-state index in [9.17, 15) is 0 Å². The van der Waals surface area contributed by atoms with Crippen LogP contribution in [0.15, 0.2) is 91.5 Å². The van der Waals surface area contributed by atoms with Gasteiger partial charge in [0.1, 0.15) is 18.2 Å². The van der Waals surface area contributed by atoms with Gasteiger partial charge in [-0.2, -0.15) is 0 Å². The summed E-state index contributed by atoms with van der Waals surface area (Å²) in [7, 11) is 0. The molecule has 32 heavy (non-hydrogen) atoms. The Kier molecular flexibility index (Phi) is 7.24. The van der Waals surface area contributed by atoms with E-state index in [1.807, 2.05) is 60.7 Å². The molecule has 162 valence electrons. The molecule has 1 nitrogen and oxygen atoms in total. The first-order valence-electron chi connectivity index (χ1n) is 10.9. The molecule has 0 heterocycles. The fourth-order valence-corrected chi connectivity index (χ4v) is 3.99.